The molecule has 166 valence electrons. The third kappa shape index (κ3) is 3.52. The van der Waals surface area contributed by atoms with Crippen LogP contribution in [-0.4, -0.2) is 44.9 Å². The summed E-state index contributed by atoms with van der Waals surface area (Å²) in [5, 5.41) is 11.2. The Balaban J connectivity index is 1.58. The average Bonchev–Trinajstić information content (AvgIpc) is 3.04. The van der Waals surface area contributed by atoms with E-state index in [0.29, 0.717) is 35.9 Å². The average molecular weight is 407 g/mol. The molecule has 0 amide bonds. The third-order valence-corrected chi connectivity index (χ3v) is 9.66. The van der Waals surface area contributed by atoms with E-state index in [9.17, 15) is 5.11 Å². The van der Waals surface area contributed by atoms with E-state index in [0.717, 1.165) is 31.8 Å². The number of rotatable bonds is 6. The molecule has 0 heterocycles. The minimum Gasteiger partial charge on any atom is -0.389 e. The number of aliphatic hydroxyl groups is 1. The first-order chi connectivity index (χ1) is 13.8. The highest BCUT2D eigenvalue weighted by atomic mass is 16.7. The maximum atomic E-state index is 11.2. The summed E-state index contributed by atoms with van der Waals surface area (Å²) >= 11 is 0. The van der Waals surface area contributed by atoms with Crippen LogP contribution in [0.3, 0.4) is 0 Å². The molecule has 1 N–H and O–H groups in total. The summed E-state index contributed by atoms with van der Waals surface area (Å²) in [7, 11) is 3.51. The lowest BCUT2D eigenvalue weighted by atomic mass is 9.47. The lowest BCUT2D eigenvalue weighted by Gasteiger charge is -2.59. The van der Waals surface area contributed by atoms with Crippen molar-refractivity contribution in [2.75, 3.05) is 27.6 Å². The summed E-state index contributed by atoms with van der Waals surface area (Å²) in [5.41, 5.74) is 2.17. The van der Waals surface area contributed by atoms with E-state index < -0.39 is 0 Å². The van der Waals surface area contributed by atoms with Crippen LogP contribution < -0.4 is 0 Å². The Hall–Kier alpha value is -0.420. The zero-order chi connectivity index (χ0) is 20.8. The van der Waals surface area contributed by atoms with Gasteiger partial charge in [0.1, 0.15) is 6.79 Å². The molecule has 0 aliphatic heterocycles. The molecular weight excluding hydrogens is 364 g/mol. The molecule has 0 radical (unpaired) electrons. The smallest absolute Gasteiger partial charge is 0.146 e. The highest BCUT2D eigenvalue weighted by molar-refractivity contribution is 5.29. The zero-order valence-corrected chi connectivity index (χ0v) is 19.2. The fourth-order valence-corrected chi connectivity index (χ4v) is 8.21. The standard InChI is InChI=1S/C25H42O4/c1-16(14-27-4)19-6-7-20-18-13-23(26)22-12-17(29-15-28-5)8-10-25(22,3)21(18)9-11-24(19,20)2/h13,16-17,19-23,26H,6-12,14-15H2,1-5H3/t16-,17+,19-,20+,21?,22-,23+,24-,25-/m1/s1. The van der Waals surface area contributed by atoms with Crippen LogP contribution in [0.1, 0.15) is 65.7 Å². The second-order valence-electron chi connectivity index (χ2n) is 11.0. The van der Waals surface area contributed by atoms with Gasteiger partial charge in [0.2, 0.25) is 0 Å². The molecule has 4 heteroatoms. The first-order valence-corrected chi connectivity index (χ1v) is 11.8. The van der Waals surface area contributed by atoms with Crippen molar-refractivity contribution in [1.82, 2.24) is 0 Å². The third-order valence-electron chi connectivity index (χ3n) is 9.66. The van der Waals surface area contributed by atoms with Crippen LogP contribution in [-0.2, 0) is 14.2 Å². The monoisotopic (exact) mass is 406 g/mol. The maximum absolute atomic E-state index is 11.2. The van der Waals surface area contributed by atoms with Crippen LogP contribution in [0.2, 0.25) is 0 Å². The first-order valence-electron chi connectivity index (χ1n) is 11.8. The summed E-state index contributed by atoms with van der Waals surface area (Å²) in [6.45, 7) is 8.59. The van der Waals surface area contributed by atoms with Crippen molar-refractivity contribution < 1.29 is 19.3 Å². The lowest BCUT2D eigenvalue weighted by molar-refractivity contribution is -0.133. The van der Waals surface area contributed by atoms with Crippen molar-refractivity contribution in [2.45, 2.75) is 77.9 Å². The van der Waals surface area contributed by atoms with Crippen LogP contribution >= 0.6 is 0 Å². The number of fused-ring (bicyclic) bond motifs is 5. The SMILES string of the molecule is COCO[C@H]1CC[C@]2(C)C3CC[C@]4(C)[C@@H]([C@H](C)COC)CC[C@H]4C3=C[C@H](O)[C@H]2C1. The zero-order valence-electron chi connectivity index (χ0n) is 19.2. The minimum atomic E-state index is -0.335. The normalized spacial score (nSPS) is 47.7. The predicted octanol–water partition coefficient (Wildman–Crippen LogP) is 4.81. The van der Waals surface area contributed by atoms with E-state index in [4.69, 9.17) is 14.2 Å². The molecule has 1 unspecified atom stereocenters. The Morgan fingerprint density at radius 2 is 1.76 bits per heavy atom. The quantitative estimate of drug-likeness (QED) is 0.508. The van der Waals surface area contributed by atoms with Gasteiger partial charge in [0, 0.05) is 20.8 Å². The van der Waals surface area contributed by atoms with Gasteiger partial charge in [-0.2, -0.15) is 0 Å². The van der Waals surface area contributed by atoms with Gasteiger partial charge in [-0.3, -0.25) is 0 Å². The van der Waals surface area contributed by atoms with Crippen molar-refractivity contribution in [3.8, 4) is 0 Å². The predicted molar refractivity (Wildman–Crippen MR) is 114 cm³/mol. The van der Waals surface area contributed by atoms with Gasteiger partial charge in [0.05, 0.1) is 12.2 Å². The number of aliphatic hydroxyl groups excluding tert-OH is 1. The van der Waals surface area contributed by atoms with Crippen molar-refractivity contribution in [3.63, 3.8) is 0 Å². The molecule has 3 saturated carbocycles. The molecular formula is C25H42O4. The second-order valence-corrected chi connectivity index (χ2v) is 11.0. The number of allylic oxidation sites excluding steroid dienone is 1. The van der Waals surface area contributed by atoms with Crippen molar-refractivity contribution in [2.24, 2.45) is 40.4 Å². The fraction of sp³-hybridized carbons (Fsp3) is 0.920. The second kappa shape index (κ2) is 8.26. The Morgan fingerprint density at radius 1 is 1.03 bits per heavy atom. The Morgan fingerprint density at radius 3 is 2.48 bits per heavy atom. The molecule has 9 atom stereocenters. The number of hydrogen-bond donors (Lipinski definition) is 1. The molecule has 0 saturated heterocycles. The number of hydrogen-bond acceptors (Lipinski definition) is 4. The first kappa shape index (κ1) is 21.8. The molecule has 4 nitrogen and oxygen atoms in total. The topological polar surface area (TPSA) is 47.9 Å². The molecule has 3 fully saturated rings. The van der Waals surface area contributed by atoms with E-state index >= 15 is 0 Å². The van der Waals surface area contributed by atoms with Crippen LogP contribution in [0.5, 0.6) is 0 Å². The van der Waals surface area contributed by atoms with Crippen molar-refractivity contribution in [1.29, 1.82) is 0 Å². The molecule has 0 aromatic rings. The maximum Gasteiger partial charge on any atom is 0.146 e. The summed E-state index contributed by atoms with van der Waals surface area (Å²) in [6.07, 6.45) is 10.6. The number of methoxy groups -OCH3 is 2. The minimum absolute atomic E-state index is 0.202. The molecule has 0 aromatic carbocycles. The molecule has 4 rings (SSSR count). The van der Waals surface area contributed by atoms with Gasteiger partial charge < -0.3 is 19.3 Å². The van der Waals surface area contributed by atoms with Gasteiger partial charge in [-0.1, -0.05) is 32.4 Å². The van der Waals surface area contributed by atoms with Crippen molar-refractivity contribution >= 4 is 0 Å². The van der Waals surface area contributed by atoms with Gasteiger partial charge in [0.25, 0.3) is 0 Å². The Bertz CT molecular complexity index is 618. The summed E-state index contributed by atoms with van der Waals surface area (Å²) in [4.78, 5) is 0. The largest absolute Gasteiger partial charge is 0.389 e. The van der Waals surface area contributed by atoms with Crippen molar-refractivity contribution in [3.05, 3.63) is 11.6 Å². The van der Waals surface area contributed by atoms with Gasteiger partial charge in [-0.05, 0) is 85.4 Å². The van der Waals surface area contributed by atoms with Crippen LogP contribution in [0.15, 0.2) is 11.6 Å². The lowest BCUT2D eigenvalue weighted by Crippen LogP contribution is -2.54. The van der Waals surface area contributed by atoms with Gasteiger partial charge in [-0.25, -0.2) is 0 Å². The molecule has 0 aromatic heterocycles. The van der Waals surface area contributed by atoms with E-state index in [1.54, 1.807) is 12.7 Å². The molecule has 4 aliphatic carbocycles. The Kier molecular flexibility index (Phi) is 6.21. The molecule has 29 heavy (non-hydrogen) atoms. The van der Waals surface area contributed by atoms with Crippen LogP contribution in [0.25, 0.3) is 0 Å². The number of ether oxygens (including phenoxy) is 3. The van der Waals surface area contributed by atoms with Gasteiger partial charge in [0.15, 0.2) is 0 Å². The summed E-state index contributed by atoms with van der Waals surface area (Å²) < 4.78 is 16.5. The van der Waals surface area contributed by atoms with Gasteiger partial charge >= 0.3 is 0 Å². The van der Waals surface area contributed by atoms with E-state index in [-0.39, 0.29) is 17.6 Å². The van der Waals surface area contributed by atoms with E-state index in [2.05, 4.69) is 26.8 Å². The summed E-state index contributed by atoms with van der Waals surface area (Å²) in [6, 6.07) is 0. The highest BCUT2D eigenvalue weighted by Gasteiger charge is 2.59. The molecule has 0 spiro atoms. The van der Waals surface area contributed by atoms with E-state index in [1.807, 2.05) is 7.11 Å². The highest BCUT2D eigenvalue weighted by Crippen LogP contribution is 2.66. The van der Waals surface area contributed by atoms with Crippen LogP contribution in [0, 0.1) is 40.4 Å². The fourth-order valence-electron chi connectivity index (χ4n) is 8.21. The molecule has 4 aliphatic rings. The Labute approximate surface area is 177 Å². The van der Waals surface area contributed by atoms with Crippen LogP contribution in [0.4, 0.5) is 0 Å². The van der Waals surface area contributed by atoms with Gasteiger partial charge in [-0.15, -0.1) is 0 Å². The summed E-state index contributed by atoms with van der Waals surface area (Å²) in [5.74, 6) is 2.92. The van der Waals surface area contributed by atoms with E-state index in [1.165, 1.54) is 25.7 Å². The molecule has 0 bridgehead atoms.